The smallest absolute Gasteiger partial charge is 0.219 e. The molecule has 0 atom stereocenters. The van der Waals surface area contributed by atoms with Crippen LogP contribution in [0.2, 0.25) is 0 Å². The van der Waals surface area contributed by atoms with Gasteiger partial charge in [-0.25, -0.2) is 0 Å². The Bertz CT molecular complexity index is 1100. The van der Waals surface area contributed by atoms with Crippen molar-refractivity contribution in [3.63, 3.8) is 0 Å². The maximum absolute atomic E-state index is 12.2. The second kappa shape index (κ2) is 52.3. The summed E-state index contributed by atoms with van der Waals surface area (Å²) in [6.45, 7) is 6.08. The quantitative estimate of drug-likeness (QED) is 0.0475. The molecule has 0 radical (unpaired) electrons. The van der Waals surface area contributed by atoms with Crippen molar-refractivity contribution in [1.29, 1.82) is 0 Å². The van der Waals surface area contributed by atoms with Crippen molar-refractivity contribution in [3.8, 4) is 47.4 Å². The van der Waals surface area contributed by atoms with E-state index in [1.807, 2.05) is 0 Å². The summed E-state index contributed by atoms with van der Waals surface area (Å²) in [4.78, 5) is 24.3. The van der Waals surface area contributed by atoms with E-state index in [1.165, 1.54) is 167 Å². The SMILES string of the molecule is CCCCCCCCCCCCC#CC#CCCCCCCCCC(=O)NCCCCCCNC(=O)CCCCCCCCC#CC#CCCCCCCCCCCCC. The molecule has 342 valence electrons. The van der Waals surface area contributed by atoms with E-state index in [0.717, 1.165) is 103 Å². The van der Waals surface area contributed by atoms with Crippen LogP contribution in [0, 0.1) is 47.4 Å². The van der Waals surface area contributed by atoms with Crippen LogP contribution < -0.4 is 10.6 Å². The third-order valence-corrected chi connectivity index (χ3v) is 11.4. The molecule has 0 aromatic carbocycles. The number of rotatable bonds is 43. The van der Waals surface area contributed by atoms with Gasteiger partial charge in [0.1, 0.15) is 0 Å². The molecule has 2 N–H and O–H groups in total. The minimum absolute atomic E-state index is 0.187. The fourth-order valence-electron chi connectivity index (χ4n) is 7.48. The molecule has 0 heterocycles. The van der Waals surface area contributed by atoms with Crippen LogP contribution in [0.3, 0.4) is 0 Å². The predicted molar refractivity (Wildman–Crippen MR) is 262 cm³/mol. The average Bonchev–Trinajstić information content (AvgIpc) is 3.25. The Morgan fingerprint density at radius 2 is 0.500 bits per heavy atom. The second-order valence-electron chi connectivity index (χ2n) is 17.4. The molecule has 0 saturated heterocycles. The Morgan fingerprint density at radius 1 is 0.283 bits per heavy atom. The lowest BCUT2D eigenvalue weighted by atomic mass is 10.1. The Balaban J connectivity index is 3.38. The topological polar surface area (TPSA) is 58.2 Å². The highest BCUT2D eigenvalue weighted by Crippen LogP contribution is 2.13. The van der Waals surface area contributed by atoms with Crippen molar-refractivity contribution < 1.29 is 9.59 Å². The average molecular weight is 829 g/mol. The molecule has 0 aliphatic rings. The van der Waals surface area contributed by atoms with Gasteiger partial charge in [-0.3, -0.25) is 9.59 Å². The van der Waals surface area contributed by atoms with E-state index in [9.17, 15) is 9.59 Å². The summed E-state index contributed by atoms with van der Waals surface area (Å²) >= 11 is 0. The van der Waals surface area contributed by atoms with Crippen LogP contribution in [-0.4, -0.2) is 24.9 Å². The summed E-state index contributed by atoms with van der Waals surface area (Å²) in [5.41, 5.74) is 0. The van der Waals surface area contributed by atoms with Crippen LogP contribution in [0.4, 0.5) is 0 Å². The van der Waals surface area contributed by atoms with Gasteiger partial charge in [0.05, 0.1) is 0 Å². The van der Waals surface area contributed by atoms with Crippen molar-refractivity contribution in [2.24, 2.45) is 0 Å². The first kappa shape index (κ1) is 57.2. The molecular weight excluding hydrogens is 733 g/mol. The minimum atomic E-state index is 0.187. The minimum Gasteiger partial charge on any atom is -0.356 e. The van der Waals surface area contributed by atoms with Gasteiger partial charge in [0, 0.05) is 51.6 Å². The summed E-state index contributed by atoms with van der Waals surface area (Å²) in [6, 6.07) is 0. The lowest BCUT2D eigenvalue weighted by Gasteiger charge is -2.07. The van der Waals surface area contributed by atoms with E-state index in [2.05, 4.69) is 71.8 Å². The number of hydrogen-bond acceptors (Lipinski definition) is 2. The molecule has 0 aliphatic carbocycles. The van der Waals surface area contributed by atoms with Crippen molar-refractivity contribution >= 4 is 11.8 Å². The lowest BCUT2D eigenvalue weighted by Crippen LogP contribution is -2.24. The molecule has 4 nitrogen and oxygen atoms in total. The zero-order valence-corrected chi connectivity index (χ0v) is 39.9. The molecule has 0 fully saturated rings. The maximum atomic E-state index is 12.2. The van der Waals surface area contributed by atoms with E-state index < -0.39 is 0 Å². The number of hydrogen-bond donors (Lipinski definition) is 2. The molecule has 0 aromatic heterocycles. The number of nitrogens with one attached hydrogen (secondary N) is 2. The van der Waals surface area contributed by atoms with Gasteiger partial charge in [0.25, 0.3) is 0 Å². The first-order valence-corrected chi connectivity index (χ1v) is 26.2. The third kappa shape index (κ3) is 51.3. The molecule has 0 rings (SSSR count). The monoisotopic (exact) mass is 829 g/mol. The number of carbonyl (C=O) groups excluding carboxylic acids is 2. The van der Waals surface area contributed by atoms with Crippen molar-refractivity contribution in [2.75, 3.05) is 13.1 Å². The van der Waals surface area contributed by atoms with E-state index in [-0.39, 0.29) is 11.8 Å². The predicted octanol–water partition coefficient (Wildman–Crippen LogP) is 15.7. The molecule has 0 bridgehead atoms. The highest BCUT2D eigenvalue weighted by atomic mass is 16.2. The van der Waals surface area contributed by atoms with E-state index >= 15 is 0 Å². The normalized spacial score (nSPS) is 10.4. The third-order valence-electron chi connectivity index (χ3n) is 11.4. The van der Waals surface area contributed by atoms with E-state index in [0.29, 0.717) is 12.8 Å². The molecule has 0 spiro atoms. The van der Waals surface area contributed by atoms with Gasteiger partial charge < -0.3 is 10.6 Å². The van der Waals surface area contributed by atoms with Crippen LogP contribution in [0.25, 0.3) is 0 Å². The molecule has 60 heavy (non-hydrogen) atoms. The number of carbonyl (C=O) groups is 2. The van der Waals surface area contributed by atoms with E-state index in [1.54, 1.807) is 0 Å². The Kier molecular flexibility index (Phi) is 49.9. The van der Waals surface area contributed by atoms with Crippen LogP contribution >= 0.6 is 0 Å². The largest absolute Gasteiger partial charge is 0.356 e. The van der Waals surface area contributed by atoms with Gasteiger partial charge in [0.2, 0.25) is 11.8 Å². The van der Waals surface area contributed by atoms with Crippen LogP contribution in [0.5, 0.6) is 0 Å². The van der Waals surface area contributed by atoms with E-state index in [4.69, 9.17) is 0 Å². The number of amides is 2. The molecule has 4 heteroatoms. The Labute approximate surface area is 374 Å². The van der Waals surface area contributed by atoms with Crippen molar-refractivity contribution in [1.82, 2.24) is 10.6 Å². The first-order valence-electron chi connectivity index (χ1n) is 26.2. The maximum Gasteiger partial charge on any atom is 0.219 e. The van der Waals surface area contributed by atoms with Crippen LogP contribution in [-0.2, 0) is 9.59 Å². The first-order chi connectivity index (χ1) is 29.7. The zero-order valence-electron chi connectivity index (χ0n) is 39.9. The van der Waals surface area contributed by atoms with Crippen molar-refractivity contribution in [3.05, 3.63) is 0 Å². The molecule has 0 aliphatic heterocycles. The van der Waals surface area contributed by atoms with Gasteiger partial charge in [-0.2, -0.15) is 0 Å². The lowest BCUT2D eigenvalue weighted by molar-refractivity contribution is -0.122. The van der Waals surface area contributed by atoms with Gasteiger partial charge in [-0.1, -0.05) is 217 Å². The summed E-state index contributed by atoms with van der Waals surface area (Å²) in [5.74, 6) is 25.4. The molecular formula is C56H96N2O2. The molecule has 0 aromatic rings. The summed E-state index contributed by atoms with van der Waals surface area (Å²) in [6.07, 6.45) is 50.4. The summed E-state index contributed by atoms with van der Waals surface area (Å²) < 4.78 is 0. The summed E-state index contributed by atoms with van der Waals surface area (Å²) in [7, 11) is 0. The highest BCUT2D eigenvalue weighted by molar-refractivity contribution is 5.76. The zero-order chi connectivity index (χ0) is 43.3. The molecule has 0 unspecified atom stereocenters. The van der Waals surface area contributed by atoms with Crippen LogP contribution in [0.1, 0.15) is 284 Å². The summed E-state index contributed by atoms with van der Waals surface area (Å²) in [5, 5.41) is 6.16. The Morgan fingerprint density at radius 3 is 0.767 bits per heavy atom. The van der Waals surface area contributed by atoms with Gasteiger partial charge in [-0.05, 0) is 75.0 Å². The van der Waals surface area contributed by atoms with Crippen LogP contribution in [0.15, 0.2) is 0 Å². The molecule has 0 saturated carbocycles. The second-order valence-corrected chi connectivity index (χ2v) is 17.4. The highest BCUT2D eigenvalue weighted by Gasteiger charge is 2.03. The standard InChI is InChI=1S/C56H96N2O2/c1-3-5-7-9-11-13-15-17-19-21-23-25-27-29-31-33-35-37-39-41-43-47-51-55(59)57-53-49-45-46-50-54-58-56(60)52-48-44-42-40-38-36-34-32-30-28-26-24-22-20-18-16-14-12-10-8-6-4-2/h3-24,33-54H2,1-2H3,(H,57,59)(H,58,60). The van der Waals surface area contributed by atoms with Gasteiger partial charge >= 0.3 is 0 Å². The van der Waals surface area contributed by atoms with Crippen molar-refractivity contribution in [2.45, 2.75) is 284 Å². The van der Waals surface area contributed by atoms with Gasteiger partial charge in [0.15, 0.2) is 0 Å². The number of unbranched alkanes of at least 4 members (excludes halogenated alkanes) is 35. The fourth-order valence-corrected chi connectivity index (χ4v) is 7.48. The fraction of sp³-hybridized carbons (Fsp3) is 0.821. The molecule has 2 amide bonds. The van der Waals surface area contributed by atoms with Gasteiger partial charge in [-0.15, -0.1) is 0 Å². The Hall–Kier alpha value is -2.82.